The van der Waals surface area contributed by atoms with Gasteiger partial charge in [-0.3, -0.25) is 4.90 Å². The van der Waals surface area contributed by atoms with Crippen molar-refractivity contribution in [2.75, 3.05) is 19.6 Å². The van der Waals surface area contributed by atoms with Gasteiger partial charge in [0.2, 0.25) is 0 Å². The molecule has 1 aliphatic heterocycles. The van der Waals surface area contributed by atoms with Gasteiger partial charge >= 0.3 is 0 Å². The number of furan rings is 1. The van der Waals surface area contributed by atoms with Crippen LogP contribution in [0.15, 0.2) is 22.8 Å². The van der Waals surface area contributed by atoms with Crippen LogP contribution in [-0.2, 0) is 6.42 Å². The minimum Gasteiger partial charge on any atom is -0.469 e. The molecule has 1 saturated heterocycles. The molecule has 0 spiro atoms. The Kier molecular flexibility index (Phi) is 4.63. The third kappa shape index (κ3) is 3.58. The summed E-state index contributed by atoms with van der Waals surface area (Å²) in [6.45, 7) is 8.03. The van der Waals surface area contributed by atoms with Crippen LogP contribution in [0, 0.1) is 0 Å². The molecule has 96 valence electrons. The molecular weight excluding hydrogens is 212 g/mol. The van der Waals surface area contributed by atoms with E-state index >= 15 is 0 Å². The summed E-state index contributed by atoms with van der Waals surface area (Å²) in [6.07, 6.45) is 5.28. The molecule has 0 saturated carbocycles. The Labute approximate surface area is 104 Å². The molecule has 3 heteroatoms. The van der Waals surface area contributed by atoms with Crippen molar-refractivity contribution in [2.45, 2.75) is 45.2 Å². The van der Waals surface area contributed by atoms with E-state index in [0.29, 0.717) is 12.1 Å². The Morgan fingerprint density at radius 2 is 2.41 bits per heavy atom. The Morgan fingerprint density at radius 1 is 1.53 bits per heavy atom. The highest BCUT2D eigenvalue weighted by atomic mass is 16.3. The van der Waals surface area contributed by atoms with Crippen LogP contribution in [0.1, 0.15) is 32.4 Å². The largest absolute Gasteiger partial charge is 0.469 e. The average Bonchev–Trinajstić information content (AvgIpc) is 2.71. The van der Waals surface area contributed by atoms with Crippen molar-refractivity contribution in [1.82, 2.24) is 10.2 Å². The van der Waals surface area contributed by atoms with Crippen LogP contribution in [0.25, 0.3) is 0 Å². The Morgan fingerprint density at radius 3 is 3.12 bits per heavy atom. The summed E-state index contributed by atoms with van der Waals surface area (Å²) in [4.78, 5) is 2.57. The van der Waals surface area contributed by atoms with E-state index in [1.165, 1.54) is 19.4 Å². The van der Waals surface area contributed by atoms with Crippen molar-refractivity contribution in [1.29, 1.82) is 0 Å². The molecule has 1 N–H and O–H groups in total. The zero-order valence-corrected chi connectivity index (χ0v) is 11.0. The van der Waals surface area contributed by atoms with Gasteiger partial charge in [-0.15, -0.1) is 0 Å². The number of rotatable bonds is 4. The summed E-state index contributed by atoms with van der Waals surface area (Å²) < 4.78 is 5.43. The molecule has 17 heavy (non-hydrogen) atoms. The first-order valence-corrected chi connectivity index (χ1v) is 6.79. The average molecular weight is 236 g/mol. The van der Waals surface area contributed by atoms with Gasteiger partial charge in [-0.2, -0.15) is 0 Å². The van der Waals surface area contributed by atoms with Gasteiger partial charge in [0.15, 0.2) is 0 Å². The minimum atomic E-state index is 0.568. The Hall–Kier alpha value is -0.800. The lowest BCUT2D eigenvalue weighted by molar-refractivity contribution is 0.213. The van der Waals surface area contributed by atoms with Crippen LogP contribution in [0.4, 0.5) is 0 Å². The van der Waals surface area contributed by atoms with Gasteiger partial charge in [0.25, 0.3) is 0 Å². The van der Waals surface area contributed by atoms with Crippen molar-refractivity contribution >= 4 is 0 Å². The zero-order valence-electron chi connectivity index (χ0n) is 11.0. The van der Waals surface area contributed by atoms with Crippen LogP contribution < -0.4 is 5.32 Å². The van der Waals surface area contributed by atoms with E-state index in [-0.39, 0.29) is 0 Å². The molecule has 2 unspecified atom stereocenters. The topological polar surface area (TPSA) is 28.4 Å². The van der Waals surface area contributed by atoms with Crippen molar-refractivity contribution < 1.29 is 4.42 Å². The van der Waals surface area contributed by atoms with E-state index in [2.05, 4.69) is 30.1 Å². The van der Waals surface area contributed by atoms with Gasteiger partial charge in [-0.1, -0.05) is 6.92 Å². The van der Waals surface area contributed by atoms with Crippen molar-refractivity contribution in [3.63, 3.8) is 0 Å². The molecule has 1 aliphatic rings. The molecule has 2 atom stereocenters. The number of nitrogens with one attached hydrogen (secondary N) is 1. The number of hydrogen-bond acceptors (Lipinski definition) is 3. The maximum Gasteiger partial charge on any atom is 0.105 e. The second-order valence-corrected chi connectivity index (χ2v) is 5.02. The third-order valence-electron chi connectivity index (χ3n) is 3.79. The molecule has 0 aliphatic carbocycles. The molecule has 0 radical (unpaired) electrons. The van der Waals surface area contributed by atoms with Crippen molar-refractivity contribution in [3.8, 4) is 0 Å². The van der Waals surface area contributed by atoms with Gasteiger partial charge in [-0.05, 0) is 38.4 Å². The standard InChI is InChI=1S/C14H24N2O/c1-3-13-6-8-16(9-7-15-13)12(2)11-14-5-4-10-17-14/h4-5,10,12-13,15H,3,6-9,11H2,1-2H3. The van der Waals surface area contributed by atoms with Crippen molar-refractivity contribution in [2.24, 2.45) is 0 Å². The fourth-order valence-electron chi connectivity index (χ4n) is 2.59. The van der Waals surface area contributed by atoms with Crippen LogP contribution in [-0.4, -0.2) is 36.6 Å². The van der Waals surface area contributed by atoms with E-state index in [4.69, 9.17) is 4.42 Å². The van der Waals surface area contributed by atoms with Gasteiger partial charge in [0.1, 0.15) is 5.76 Å². The number of nitrogens with zero attached hydrogens (tertiary/aromatic N) is 1. The van der Waals surface area contributed by atoms with Crippen LogP contribution in [0.3, 0.4) is 0 Å². The smallest absolute Gasteiger partial charge is 0.105 e. The first kappa shape index (κ1) is 12.7. The molecule has 1 aromatic heterocycles. The highest BCUT2D eigenvalue weighted by molar-refractivity contribution is 5.00. The molecule has 0 aromatic carbocycles. The van der Waals surface area contributed by atoms with E-state index in [9.17, 15) is 0 Å². The maximum absolute atomic E-state index is 5.43. The van der Waals surface area contributed by atoms with Gasteiger partial charge in [0.05, 0.1) is 6.26 Å². The molecule has 0 bridgehead atoms. The summed E-state index contributed by atoms with van der Waals surface area (Å²) in [7, 11) is 0. The van der Waals surface area contributed by atoms with Gasteiger partial charge in [0, 0.05) is 31.6 Å². The first-order chi connectivity index (χ1) is 8.29. The van der Waals surface area contributed by atoms with Crippen LogP contribution >= 0.6 is 0 Å². The first-order valence-electron chi connectivity index (χ1n) is 6.79. The van der Waals surface area contributed by atoms with Gasteiger partial charge < -0.3 is 9.73 Å². The van der Waals surface area contributed by atoms with E-state index in [1.54, 1.807) is 6.26 Å². The van der Waals surface area contributed by atoms with Crippen LogP contribution in [0.5, 0.6) is 0 Å². The molecular formula is C14H24N2O. The normalized spacial score (nSPS) is 24.5. The Bertz CT molecular complexity index is 310. The lowest BCUT2D eigenvalue weighted by Crippen LogP contribution is -2.37. The third-order valence-corrected chi connectivity index (χ3v) is 3.79. The maximum atomic E-state index is 5.43. The fraction of sp³-hybridized carbons (Fsp3) is 0.714. The van der Waals surface area contributed by atoms with Gasteiger partial charge in [-0.25, -0.2) is 0 Å². The lowest BCUT2D eigenvalue weighted by atomic mass is 10.1. The van der Waals surface area contributed by atoms with Crippen molar-refractivity contribution in [3.05, 3.63) is 24.2 Å². The SMILES string of the molecule is CCC1CCN(C(C)Cc2ccco2)CCN1. The fourth-order valence-corrected chi connectivity index (χ4v) is 2.59. The molecule has 0 amide bonds. The molecule has 3 nitrogen and oxygen atoms in total. The molecule has 2 heterocycles. The lowest BCUT2D eigenvalue weighted by Gasteiger charge is -2.26. The molecule has 1 aromatic rings. The minimum absolute atomic E-state index is 0.568. The molecule has 2 rings (SSSR count). The predicted octanol–water partition coefficient (Wildman–Crippen LogP) is 2.28. The van der Waals surface area contributed by atoms with E-state index in [1.807, 2.05) is 6.07 Å². The second-order valence-electron chi connectivity index (χ2n) is 5.02. The summed E-state index contributed by atoms with van der Waals surface area (Å²) in [5.41, 5.74) is 0. The monoisotopic (exact) mass is 236 g/mol. The van der Waals surface area contributed by atoms with Crippen LogP contribution in [0.2, 0.25) is 0 Å². The zero-order chi connectivity index (χ0) is 12.1. The quantitative estimate of drug-likeness (QED) is 0.869. The van der Waals surface area contributed by atoms with E-state index in [0.717, 1.165) is 25.3 Å². The van der Waals surface area contributed by atoms with E-state index < -0.39 is 0 Å². The molecule has 1 fully saturated rings. The number of hydrogen-bond donors (Lipinski definition) is 1. The summed E-state index contributed by atoms with van der Waals surface area (Å²) in [5.74, 6) is 1.10. The Balaban J connectivity index is 1.84. The summed E-state index contributed by atoms with van der Waals surface area (Å²) in [5, 5.41) is 3.61. The summed E-state index contributed by atoms with van der Waals surface area (Å²) in [6, 6.07) is 5.31. The summed E-state index contributed by atoms with van der Waals surface area (Å²) >= 11 is 0. The highest BCUT2D eigenvalue weighted by Crippen LogP contribution is 2.12. The predicted molar refractivity (Wildman–Crippen MR) is 70.1 cm³/mol. The second kappa shape index (κ2) is 6.22. The highest BCUT2D eigenvalue weighted by Gasteiger charge is 2.19.